The lowest BCUT2D eigenvalue weighted by Gasteiger charge is -2.14. The Morgan fingerprint density at radius 2 is 2.33 bits per heavy atom. The number of hydrogen-bond donors (Lipinski definition) is 2. The molecule has 3 nitrogen and oxygen atoms in total. The van der Waals surface area contributed by atoms with Crippen molar-refractivity contribution in [1.82, 2.24) is 0 Å². The first kappa shape index (κ1) is 10.9. The van der Waals surface area contributed by atoms with Gasteiger partial charge in [-0.3, -0.25) is 0 Å². The number of rotatable bonds is 3. The third-order valence-electron chi connectivity index (χ3n) is 2.58. The van der Waals surface area contributed by atoms with Crippen LogP contribution in [0.2, 0.25) is 0 Å². The van der Waals surface area contributed by atoms with E-state index >= 15 is 0 Å². The monoisotopic (exact) mass is 271 g/mol. The molecule has 0 amide bonds. The van der Waals surface area contributed by atoms with Crippen molar-refractivity contribution in [2.45, 2.75) is 18.9 Å². The highest BCUT2D eigenvalue weighted by Crippen LogP contribution is 2.37. The molecule has 0 saturated heterocycles. The Morgan fingerprint density at radius 3 is 3.07 bits per heavy atom. The maximum Gasteiger partial charge on any atom is 0.128 e. The predicted molar refractivity (Wildman–Crippen MR) is 62.0 cm³/mol. The van der Waals surface area contributed by atoms with E-state index < -0.39 is 6.10 Å². The minimum absolute atomic E-state index is 0.475. The number of fused-ring (bicyclic) bond motifs is 1. The maximum absolute atomic E-state index is 9.93. The van der Waals surface area contributed by atoms with E-state index in [9.17, 15) is 5.11 Å². The lowest BCUT2D eigenvalue weighted by Crippen LogP contribution is -2.07. The maximum atomic E-state index is 9.93. The minimum Gasteiger partial charge on any atom is -0.493 e. The predicted octanol–water partition coefficient (Wildman–Crippen LogP) is 1.77. The van der Waals surface area contributed by atoms with Crippen molar-refractivity contribution < 1.29 is 9.84 Å². The summed E-state index contributed by atoms with van der Waals surface area (Å²) < 4.78 is 6.51. The molecular weight excluding hydrogens is 258 g/mol. The van der Waals surface area contributed by atoms with Gasteiger partial charge in [-0.25, -0.2) is 0 Å². The molecule has 0 radical (unpaired) electrons. The topological polar surface area (TPSA) is 55.5 Å². The minimum atomic E-state index is -0.528. The quantitative estimate of drug-likeness (QED) is 0.881. The van der Waals surface area contributed by atoms with Gasteiger partial charge in [0.05, 0.1) is 12.7 Å². The number of halogens is 1. The summed E-state index contributed by atoms with van der Waals surface area (Å²) in [6.45, 7) is 1.18. The molecule has 0 fully saturated rings. The van der Waals surface area contributed by atoms with Crippen LogP contribution in [0.3, 0.4) is 0 Å². The number of aliphatic hydroxyl groups is 1. The lowest BCUT2D eigenvalue weighted by molar-refractivity contribution is 0.165. The van der Waals surface area contributed by atoms with Crippen LogP contribution in [0.1, 0.15) is 23.7 Å². The molecule has 1 aliphatic heterocycles. The van der Waals surface area contributed by atoms with Gasteiger partial charge in [-0.1, -0.05) is 15.9 Å². The average molecular weight is 272 g/mol. The SMILES string of the molecule is NCCC(O)c1cc(Br)cc2c1OCC2. The molecule has 1 heterocycles. The molecule has 3 N–H and O–H groups in total. The molecule has 1 atom stereocenters. The molecule has 1 aliphatic rings. The van der Waals surface area contributed by atoms with E-state index in [-0.39, 0.29) is 0 Å². The smallest absolute Gasteiger partial charge is 0.128 e. The molecule has 4 heteroatoms. The Bertz CT molecular complexity index is 368. The van der Waals surface area contributed by atoms with Crippen LogP contribution in [0.5, 0.6) is 5.75 Å². The molecule has 1 aromatic carbocycles. The summed E-state index contributed by atoms with van der Waals surface area (Å²) in [6, 6.07) is 3.95. The van der Waals surface area contributed by atoms with Crippen LogP contribution in [0.4, 0.5) is 0 Å². The number of benzene rings is 1. The largest absolute Gasteiger partial charge is 0.493 e. The number of hydrogen-bond acceptors (Lipinski definition) is 3. The van der Waals surface area contributed by atoms with Crippen LogP contribution in [0.25, 0.3) is 0 Å². The summed E-state index contributed by atoms with van der Waals surface area (Å²) in [4.78, 5) is 0. The van der Waals surface area contributed by atoms with Gasteiger partial charge in [-0.2, -0.15) is 0 Å². The van der Waals surface area contributed by atoms with Crippen molar-refractivity contribution in [2.75, 3.05) is 13.2 Å². The Morgan fingerprint density at radius 1 is 1.53 bits per heavy atom. The second-order valence-corrected chi connectivity index (χ2v) is 4.59. The first-order chi connectivity index (χ1) is 7.22. The van der Waals surface area contributed by atoms with Gasteiger partial charge >= 0.3 is 0 Å². The molecule has 0 spiro atoms. The summed E-state index contributed by atoms with van der Waals surface area (Å²) in [5, 5.41) is 9.93. The second kappa shape index (κ2) is 4.51. The van der Waals surface area contributed by atoms with Crippen molar-refractivity contribution in [1.29, 1.82) is 0 Å². The summed E-state index contributed by atoms with van der Waals surface area (Å²) >= 11 is 3.44. The third kappa shape index (κ3) is 2.17. The van der Waals surface area contributed by atoms with Crippen LogP contribution in [-0.4, -0.2) is 18.3 Å². The van der Waals surface area contributed by atoms with Crippen molar-refractivity contribution in [2.24, 2.45) is 5.73 Å². The van der Waals surface area contributed by atoms with Gasteiger partial charge < -0.3 is 15.6 Å². The second-order valence-electron chi connectivity index (χ2n) is 3.67. The van der Waals surface area contributed by atoms with E-state index in [1.165, 1.54) is 0 Å². The van der Waals surface area contributed by atoms with Gasteiger partial charge in [0.2, 0.25) is 0 Å². The van der Waals surface area contributed by atoms with Gasteiger partial charge in [0, 0.05) is 16.5 Å². The fraction of sp³-hybridized carbons (Fsp3) is 0.455. The standard InChI is InChI=1S/C11H14BrNO2/c12-8-5-7-2-4-15-11(7)9(6-8)10(14)1-3-13/h5-6,10,14H,1-4,13H2. The van der Waals surface area contributed by atoms with Gasteiger partial charge in [-0.15, -0.1) is 0 Å². The molecule has 0 aromatic heterocycles. The van der Waals surface area contributed by atoms with Crippen LogP contribution in [0.15, 0.2) is 16.6 Å². The van der Waals surface area contributed by atoms with Crippen molar-refractivity contribution in [3.05, 3.63) is 27.7 Å². The van der Waals surface area contributed by atoms with Crippen molar-refractivity contribution >= 4 is 15.9 Å². The fourth-order valence-corrected chi connectivity index (χ4v) is 2.38. The zero-order valence-electron chi connectivity index (χ0n) is 8.37. The van der Waals surface area contributed by atoms with Gasteiger partial charge in [0.25, 0.3) is 0 Å². The summed E-state index contributed by atoms with van der Waals surface area (Å²) in [5.74, 6) is 0.846. The zero-order valence-corrected chi connectivity index (χ0v) is 9.96. The van der Waals surface area contributed by atoms with E-state index in [0.717, 1.165) is 27.8 Å². The van der Waals surface area contributed by atoms with Gasteiger partial charge in [0.1, 0.15) is 5.75 Å². The summed E-state index contributed by atoms with van der Waals surface area (Å²) in [6.07, 6.45) is 0.947. The summed E-state index contributed by atoms with van der Waals surface area (Å²) in [7, 11) is 0. The Kier molecular flexibility index (Phi) is 3.29. The highest BCUT2D eigenvalue weighted by molar-refractivity contribution is 9.10. The zero-order chi connectivity index (χ0) is 10.8. The Balaban J connectivity index is 2.37. The van der Waals surface area contributed by atoms with E-state index in [1.807, 2.05) is 12.1 Å². The van der Waals surface area contributed by atoms with Crippen LogP contribution in [0, 0.1) is 0 Å². The fourth-order valence-electron chi connectivity index (χ4n) is 1.86. The van der Waals surface area contributed by atoms with Gasteiger partial charge in [0.15, 0.2) is 0 Å². The molecular formula is C11H14BrNO2. The van der Waals surface area contributed by atoms with Crippen molar-refractivity contribution in [3.8, 4) is 5.75 Å². The van der Waals surface area contributed by atoms with Crippen molar-refractivity contribution in [3.63, 3.8) is 0 Å². The summed E-state index contributed by atoms with van der Waals surface area (Å²) in [5.41, 5.74) is 7.45. The Labute approximate surface area is 97.4 Å². The van der Waals surface area contributed by atoms with E-state index in [0.29, 0.717) is 19.6 Å². The first-order valence-corrected chi connectivity index (χ1v) is 5.85. The van der Waals surface area contributed by atoms with E-state index in [2.05, 4.69) is 15.9 Å². The normalized spacial score (nSPS) is 15.9. The highest BCUT2D eigenvalue weighted by atomic mass is 79.9. The third-order valence-corrected chi connectivity index (χ3v) is 3.03. The molecule has 82 valence electrons. The van der Waals surface area contributed by atoms with E-state index in [4.69, 9.17) is 10.5 Å². The average Bonchev–Trinajstić information content (AvgIpc) is 2.64. The molecule has 0 saturated carbocycles. The highest BCUT2D eigenvalue weighted by Gasteiger charge is 2.21. The van der Waals surface area contributed by atoms with Gasteiger partial charge in [-0.05, 0) is 30.7 Å². The molecule has 0 bridgehead atoms. The molecule has 0 aliphatic carbocycles. The first-order valence-electron chi connectivity index (χ1n) is 5.05. The number of aliphatic hydroxyl groups excluding tert-OH is 1. The Hall–Kier alpha value is -0.580. The number of ether oxygens (including phenoxy) is 1. The molecule has 1 aromatic rings. The lowest BCUT2D eigenvalue weighted by atomic mass is 10.0. The number of nitrogens with two attached hydrogens (primary N) is 1. The molecule has 2 rings (SSSR count). The van der Waals surface area contributed by atoms with E-state index in [1.54, 1.807) is 0 Å². The van der Waals surface area contributed by atoms with Crippen LogP contribution < -0.4 is 10.5 Å². The molecule has 1 unspecified atom stereocenters. The molecule has 15 heavy (non-hydrogen) atoms. The van der Waals surface area contributed by atoms with Crippen LogP contribution in [-0.2, 0) is 6.42 Å². The van der Waals surface area contributed by atoms with Crippen LogP contribution >= 0.6 is 15.9 Å².